The molecule has 0 saturated heterocycles. The van der Waals surface area contributed by atoms with Gasteiger partial charge < -0.3 is 0 Å². The molecule has 0 aliphatic carbocycles. The molecule has 0 aliphatic heterocycles. The van der Waals surface area contributed by atoms with Crippen molar-refractivity contribution < 1.29 is 74.7 Å². The number of hydrogen-bond donors (Lipinski definition) is 0. The van der Waals surface area contributed by atoms with Gasteiger partial charge >= 0.3 is 27.3 Å². The molecule has 0 nitrogen and oxygen atoms in total. The van der Waals surface area contributed by atoms with Gasteiger partial charge in [0.1, 0.15) is 0 Å². The summed E-state index contributed by atoms with van der Waals surface area (Å²) in [4.78, 5) is 0. The topological polar surface area (TPSA) is 0 Å². The maximum Gasteiger partial charge on any atom is 0 e. The van der Waals surface area contributed by atoms with Crippen molar-refractivity contribution in [3.8, 4) is 0 Å². The van der Waals surface area contributed by atoms with Crippen molar-refractivity contribution in [1.29, 1.82) is 0 Å². The van der Waals surface area contributed by atoms with E-state index in [9.17, 15) is 0 Å². The second-order valence-corrected chi connectivity index (χ2v) is 0. The van der Waals surface area contributed by atoms with E-state index >= 15 is 0 Å². The van der Waals surface area contributed by atoms with E-state index in [2.05, 4.69) is 0 Å². The van der Waals surface area contributed by atoms with Gasteiger partial charge in [-0.25, -0.2) is 0 Å². The number of hydrogen-bond acceptors (Lipinski definition) is 0. The fourth-order valence-electron chi connectivity index (χ4n) is 0. The second-order valence-electron chi connectivity index (χ2n) is 0. The van der Waals surface area contributed by atoms with Crippen molar-refractivity contribution in [2.45, 2.75) is 0 Å². The molecule has 0 aliphatic rings. The van der Waals surface area contributed by atoms with Gasteiger partial charge in [0, 0.05) is 74.7 Å². The first-order valence-corrected chi connectivity index (χ1v) is 0. The summed E-state index contributed by atoms with van der Waals surface area (Å²) in [6.07, 6.45) is 0. The maximum atomic E-state index is 0. The summed E-state index contributed by atoms with van der Waals surface area (Å²) < 4.78 is 0. The van der Waals surface area contributed by atoms with Gasteiger partial charge in [-0.05, 0) is 0 Å². The van der Waals surface area contributed by atoms with Crippen molar-refractivity contribution in [3.05, 3.63) is 0 Å². The quantitative estimate of drug-likeness (QED) is 0.386. The normalized spacial score (nSPS) is 0. The van der Waals surface area contributed by atoms with Gasteiger partial charge in [0.25, 0.3) is 0 Å². The zero-order valence-electron chi connectivity index (χ0n) is 2.48. The summed E-state index contributed by atoms with van der Waals surface area (Å²) in [5.74, 6) is 0. The average molecular weight is 490 g/mol. The minimum atomic E-state index is 0. The first kappa shape index (κ1) is 40.9. The minimum absolute atomic E-state index is 0. The van der Waals surface area contributed by atoms with Crippen LogP contribution in [-0.4, -0.2) is 27.3 Å². The summed E-state index contributed by atoms with van der Waals surface area (Å²) in [7, 11) is 0. The van der Waals surface area contributed by atoms with Gasteiger partial charge in [-0.1, -0.05) is 0 Å². The molecule has 0 aromatic heterocycles. The van der Waals surface area contributed by atoms with Crippen LogP contribution < -0.4 is 0 Å². The molecule has 5 heavy (non-hydrogen) atoms. The van der Waals surface area contributed by atoms with Crippen molar-refractivity contribution >= 4 is 27.3 Å². The molecule has 0 atom stereocenters. The Bertz CT molecular complexity index is 11.6. The Morgan fingerprint density at radius 3 is 1.00 bits per heavy atom. The molecule has 0 aromatic carbocycles. The molecule has 0 N–H and O–H groups in total. The fraction of sp³-hybridized carbons (Fsp3) is 0. The zero-order valence-corrected chi connectivity index (χ0v) is 15.0. The Balaban J connectivity index is 0. The van der Waals surface area contributed by atoms with Crippen LogP contribution in [0, 0.1) is 0 Å². The van der Waals surface area contributed by atoms with Crippen LogP contribution in [0.1, 0.15) is 0 Å². The third kappa shape index (κ3) is 18.9. The SMILES string of the molecule is [Cu].[Fe].[Mo].[PbH2].[Zn]. The Morgan fingerprint density at radius 2 is 1.00 bits per heavy atom. The third-order valence-corrected chi connectivity index (χ3v) is 0. The first-order valence-electron chi connectivity index (χ1n) is 0. The molecule has 0 aromatic rings. The molecule has 0 unspecified atom stereocenters. The molecule has 0 spiro atoms. The van der Waals surface area contributed by atoms with Crippen LogP contribution in [0.5, 0.6) is 0 Å². The van der Waals surface area contributed by atoms with E-state index in [1.807, 2.05) is 0 Å². The maximum absolute atomic E-state index is 0. The van der Waals surface area contributed by atoms with Crippen LogP contribution in [0.3, 0.4) is 0 Å². The molecular formula is H2CuFeMoPbZn. The van der Waals surface area contributed by atoms with Crippen LogP contribution in [-0.2, 0) is 74.7 Å². The smallest absolute Gasteiger partial charge is 0 e. The molecule has 0 bridgehead atoms. The molecule has 0 rings (SSSR count). The first-order chi connectivity index (χ1) is 0. The molecular weight excluding hydrogens is 488 g/mol. The van der Waals surface area contributed by atoms with Crippen LogP contribution in [0.15, 0.2) is 0 Å². The molecule has 0 heterocycles. The predicted molar refractivity (Wildman–Crippen MR) is 8.54 cm³/mol. The van der Waals surface area contributed by atoms with Crippen LogP contribution >= 0.6 is 0 Å². The fourth-order valence-corrected chi connectivity index (χ4v) is 0. The monoisotopic (exact) mass is 491 g/mol. The van der Waals surface area contributed by atoms with Crippen LogP contribution in [0.2, 0.25) is 0 Å². The molecule has 0 fully saturated rings. The Kier molecular flexibility index (Phi) is 218. The van der Waals surface area contributed by atoms with Gasteiger partial charge in [-0.2, -0.15) is 0 Å². The van der Waals surface area contributed by atoms with Gasteiger partial charge in [0.2, 0.25) is 0 Å². The van der Waals surface area contributed by atoms with E-state index in [0.29, 0.717) is 0 Å². The van der Waals surface area contributed by atoms with Crippen molar-refractivity contribution in [2.75, 3.05) is 0 Å². The van der Waals surface area contributed by atoms with Gasteiger partial charge in [-0.15, -0.1) is 0 Å². The van der Waals surface area contributed by atoms with E-state index in [1.165, 1.54) is 0 Å². The van der Waals surface area contributed by atoms with Gasteiger partial charge in [0.15, 0.2) is 0 Å². The van der Waals surface area contributed by atoms with Crippen molar-refractivity contribution in [2.24, 2.45) is 0 Å². The van der Waals surface area contributed by atoms with Crippen molar-refractivity contribution in [1.82, 2.24) is 0 Å². The van der Waals surface area contributed by atoms with Crippen molar-refractivity contribution in [3.63, 3.8) is 0 Å². The summed E-state index contributed by atoms with van der Waals surface area (Å²) >= 11 is 0. The second kappa shape index (κ2) is 26.7. The Labute approximate surface area is 100 Å². The van der Waals surface area contributed by atoms with Crippen LogP contribution in [0.4, 0.5) is 0 Å². The molecule has 0 saturated carbocycles. The Hall–Kier alpha value is 3.27. The molecule has 0 amide bonds. The van der Waals surface area contributed by atoms with E-state index in [4.69, 9.17) is 0 Å². The molecule has 5 heteroatoms. The predicted octanol–water partition coefficient (Wildman–Crippen LogP) is -0.926. The molecule has 33 valence electrons. The summed E-state index contributed by atoms with van der Waals surface area (Å²) in [6.45, 7) is 0. The third-order valence-electron chi connectivity index (χ3n) is 0. The minimum Gasteiger partial charge on any atom is 0 e. The molecule has 3 radical (unpaired) electrons. The van der Waals surface area contributed by atoms with Crippen LogP contribution in [0.25, 0.3) is 0 Å². The average Bonchev–Trinajstić information content (AvgIpc) is 0. The van der Waals surface area contributed by atoms with Gasteiger partial charge in [0.05, 0.1) is 0 Å². The Morgan fingerprint density at radius 1 is 1.00 bits per heavy atom. The number of rotatable bonds is 0. The zero-order chi connectivity index (χ0) is 0. The summed E-state index contributed by atoms with van der Waals surface area (Å²) in [5.41, 5.74) is 0. The van der Waals surface area contributed by atoms with E-state index in [-0.39, 0.29) is 102 Å². The summed E-state index contributed by atoms with van der Waals surface area (Å²) in [5, 5.41) is 0. The standard InChI is InChI=1S/Cu.Fe.Mo.Pb.Zn.2H. The van der Waals surface area contributed by atoms with Gasteiger partial charge in [-0.3, -0.25) is 0 Å². The summed E-state index contributed by atoms with van der Waals surface area (Å²) in [6, 6.07) is 0. The largest absolute Gasteiger partial charge is 0 e. The van der Waals surface area contributed by atoms with E-state index < -0.39 is 0 Å². The van der Waals surface area contributed by atoms with E-state index in [1.54, 1.807) is 0 Å². The van der Waals surface area contributed by atoms with E-state index in [0.717, 1.165) is 0 Å².